The van der Waals surface area contributed by atoms with Gasteiger partial charge in [-0.2, -0.15) is 0 Å². The lowest BCUT2D eigenvalue weighted by atomic mass is 9.95. The Kier molecular flexibility index (Phi) is 3.68. The number of hydrogen-bond donors (Lipinski definition) is 3. The fourth-order valence-electron chi connectivity index (χ4n) is 2.07. The second-order valence-electron chi connectivity index (χ2n) is 5.44. The van der Waals surface area contributed by atoms with Gasteiger partial charge in [-0.25, -0.2) is 0 Å². The van der Waals surface area contributed by atoms with Crippen molar-refractivity contribution in [3.63, 3.8) is 0 Å². The minimum atomic E-state index is -0.873. The first-order valence-electron chi connectivity index (χ1n) is 6.26. The van der Waals surface area contributed by atoms with E-state index < -0.39 is 5.60 Å². The number of rotatable bonds is 3. The van der Waals surface area contributed by atoms with E-state index in [2.05, 4.69) is 22.8 Å². The van der Waals surface area contributed by atoms with E-state index in [1.54, 1.807) is 13.8 Å². The summed E-state index contributed by atoms with van der Waals surface area (Å²) in [6, 6.07) is 7.94. The summed E-state index contributed by atoms with van der Waals surface area (Å²) in [6.07, 6.45) is 0.702. The van der Waals surface area contributed by atoms with Gasteiger partial charge < -0.3 is 15.7 Å². The molecule has 0 bridgehead atoms. The van der Waals surface area contributed by atoms with Crippen molar-refractivity contribution in [2.75, 3.05) is 6.54 Å². The van der Waals surface area contributed by atoms with E-state index in [0.717, 1.165) is 6.54 Å². The molecule has 0 radical (unpaired) electrons. The molecule has 0 fully saturated rings. The topological polar surface area (TPSA) is 61.4 Å². The summed E-state index contributed by atoms with van der Waals surface area (Å²) in [5, 5.41) is 15.6. The monoisotopic (exact) mass is 248 g/mol. The number of fused-ring (bicyclic) bond motifs is 1. The molecule has 98 valence electrons. The zero-order valence-electron chi connectivity index (χ0n) is 10.9. The van der Waals surface area contributed by atoms with Crippen molar-refractivity contribution >= 4 is 5.91 Å². The van der Waals surface area contributed by atoms with Crippen LogP contribution < -0.4 is 10.6 Å². The Balaban J connectivity index is 1.95. The Morgan fingerprint density at radius 2 is 2.11 bits per heavy atom. The van der Waals surface area contributed by atoms with Crippen molar-refractivity contribution in [3.05, 3.63) is 35.4 Å². The molecule has 4 heteroatoms. The molecule has 1 heterocycles. The van der Waals surface area contributed by atoms with Gasteiger partial charge >= 0.3 is 0 Å². The Bertz CT molecular complexity index is 438. The largest absolute Gasteiger partial charge is 0.389 e. The van der Waals surface area contributed by atoms with Crippen LogP contribution in [0.4, 0.5) is 0 Å². The molecule has 1 aromatic carbocycles. The van der Waals surface area contributed by atoms with Crippen LogP contribution in [0.15, 0.2) is 24.3 Å². The van der Waals surface area contributed by atoms with Gasteiger partial charge in [0.1, 0.15) is 0 Å². The number of carbonyl (C=O) groups excluding carboxylic acids is 1. The van der Waals surface area contributed by atoms with Crippen molar-refractivity contribution in [2.24, 2.45) is 0 Å². The second kappa shape index (κ2) is 5.08. The molecule has 0 saturated carbocycles. The average molecular weight is 248 g/mol. The van der Waals surface area contributed by atoms with Crippen molar-refractivity contribution in [1.82, 2.24) is 10.6 Å². The van der Waals surface area contributed by atoms with Crippen LogP contribution in [-0.2, 0) is 17.8 Å². The van der Waals surface area contributed by atoms with E-state index in [1.807, 2.05) is 12.1 Å². The SMILES string of the molecule is CC(C)(O)CNC(=O)[C@@H]1Cc2ccccc2CN1. The molecular weight excluding hydrogens is 228 g/mol. The summed E-state index contributed by atoms with van der Waals surface area (Å²) < 4.78 is 0. The van der Waals surface area contributed by atoms with E-state index in [4.69, 9.17) is 0 Å². The molecule has 4 nitrogen and oxygen atoms in total. The molecule has 1 amide bonds. The van der Waals surface area contributed by atoms with Crippen molar-refractivity contribution in [3.8, 4) is 0 Å². The second-order valence-corrected chi connectivity index (χ2v) is 5.44. The van der Waals surface area contributed by atoms with Gasteiger partial charge in [0.25, 0.3) is 0 Å². The first-order chi connectivity index (χ1) is 8.46. The van der Waals surface area contributed by atoms with Gasteiger partial charge in [-0.15, -0.1) is 0 Å². The Morgan fingerprint density at radius 1 is 1.44 bits per heavy atom. The minimum Gasteiger partial charge on any atom is -0.389 e. The number of nitrogens with one attached hydrogen (secondary N) is 2. The lowest BCUT2D eigenvalue weighted by Gasteiger charge is -2.26. The van der Waals surface area contributed by atoms with Crippen LogP contribution in [0.2, 0.25) is 0 Å². The zero-order chi connectivity index (χ0) is 13.2. The highest BCUT2D eigenvalue weighted by atomic mass is 16.3. The van der Waals surface area contributed by atoms with E-state index in [9.17, 15) is 9.90 Å². The summed E-state index contributed by atoms with van der Waals surface area (Å²) in [5.41, 5.74) is 1.60. The predicted octanol–water partition coefficient (Wildman–Crippen LogP) is 0.588. The van der Waals surface area contributed by atoms with Crippen LogP contribution in [-0.4, -0.2) is 29.2 Å². The fourth-order valence-corrected chi connectivity index (χ4v) is 2.07. The molecule has 1 atom stereocenters. The molecule has 18 heavy (non-hydrogen) atoms. The maximum atomic E-state index is 12.0. The van der Waals surface area contributed by atoms with E-state index >= 15 is 0 Å². The van der Waals surface area contributed by atoms with E-state index in [0.29, 0.717) is 6.42 Å². The minimum absolute atomic E-state index is 0.0494. The maximum absolute atomic E-state index is 12.0. The van der Waals surface area contributed by atoms with Crippen LogP contribution in [0.3, 0.4) is 0 Å². The fraction of sp³-hybridized carbons (Fsp3) is 0.500. The third-order valence-electron chi connectivity index (χ3n) is 3.09. The summed E-state index contributed by atoms with van der Waals surface area (Å²) in [7, 11) is 0. The summed E-state index contributed by atoms with van der Waals surface area (Å²) in [6.45, 7) is 4.34. The normalized spacial score (nSPS) is 19.2. The highest BCUT2D eigenvalue weighted by Crippen LogP contribution is 2.16. The highest BCUT2D eigenvalue weighted by Gasteiger charge is 2.24. The molecule has 2 rings (SSSR count). The molecular formula is C14H20N2O2. The zero-order valence-corrected chi connectivity index (χ0v) is 10.9. The van der Waals surface area contributed by atoms with Gasteiger partial charge in [0.15, 0.2) is 0 Å². The molecule has 0 unspecified atom stereocenters. The van der Waals surface area contributed by atoms with Crippen LogP contribution in [0.5, 0.6) is 0 Å². The standard InChI is InChI=1S/C14H20N2O2/c1-14(2,18)9-16-13(17)12-7-10-5-3-4-6-11(10)8-15-12/h3-6,12,15,18H,7-9H2,1-2H3,(H,16,17)/t12-/m0/s1. The van der Waals surface area contributed by atoms with Gasteiger partial charge in [-0.05, 0) is 31.4 Å². The Hall–Kier alpha value is -1.39. The van der Waals surface area contributed by atoms with Crippen LogP contribution in [0.25, 0.3) is 0 Å². The average Bonchev–Trinajstić information content (AvgIpc) is 2.34. The van der Waals surface area contributed by atoms with Crippen molar-refractivity contribution in [2.45, 2.75) is 38.5 Å². The van der Waals surface area contributed by atoms with Gasteiger partial charge in [-0.3, -0.25) is 4.79 Å². The lowest BCUT2D eigenvalue weighted by Crippen LogP contribution is -2.50. The summed E-state index contributed by atoms with van der Waals surface area (Å²) in [5.74, 6) is -0.0494. The van der Waals surface area contributed by atoms with Gasteiger partial charge in [0.05, 0.1) is 11.6 Å². The van der Waals surface area contributed by atoms with E-state index in [1.165, 1.54) is 11.1 Å². The summed E-state index contributed by atoms with van der Waals surface area (Å²) in [4.78, 5) is 12.0. The molecule has 0 saturated heterocycles. The number of carbonyl (C=O) groups is 1. The third-order valence-corrected chi connectivity index (χ3v) is 3.09. The Labute approximate surface area is 107 Å². The van der Waals surface area contributed by atoms with E-state index in [-0.39, 0.29) is 18.5 Å². The number of amides is 1. The number of aliphatic hydroxyl groups is 1. The molecule has 0 aliphatic carbocycles. The van der Waals surface area contributed by atoms with Crippen LogP contribution in [0.1, 0.15) is 25.0 Å². The predicted molar refractivity (Wildman–Crippen MR) is 70.1 cm³/mol. The molecule has 0 aromatic heterocycles. The molecule has 0 spiro atoms. The lowest BCUT2D eigenvalue weighted by molar-refractivity contribution is -0.124. The third kappa shape index (κ3) is 3.31. The first kappa shape index (κ1) is 13.1. The molecule has 1 aliphatic heterocycles. The first-order valence-corrected chi connectivity index (χ1v) is 6.26. The van der Waals surface area contributed by atoms with Crippen LogP contribution in [0, 0.1) is 0 Å². The van der Waals surface area contributed by atoms with Gasteiger partial charge in [0, 0.05) is 13.1 Å². The molecule has 1 aromatic rings. The molecule has 1 aliphatic rings. The van der Waals surface area contributed by atoms with Crippen LogP contribution >= 0.6 is 0 Å². The van der Waals surface area contributed by atoms with Gasteiger partial charge in [0.2, 0.25) is 5.91 Å². The Morgan fingerprint density at radius 3 is 2.78 bits per heavy atom. The smallest absolute Gasteiger partial charge is 0.237 e. The van der Waals surface area contributed by atoms with Gasteiger partial charge in [-0.1, -0.05) is 24.3 Å². The van der Waals surface area contributed by atoms with Crippen molar-refractivity contribution < 1.29 is 9.90 Å². The maximum Gasteiger partial charge on any atom is 0.237 e. The summed E-state index contributed by atoms with van der Waals surface area (Å²) >= 11 is 0. The number of benzene rings is 1. The highest BCUT2D eigenvalue weighted by molar-refractivity contribution is 5.82. The quantitative estimate of drug-likeness (QED) is 0.733. The number of hydrogen-bond acceptors (Lipinski definition) is 3. The molecule has 3 N–H and O–H groups in total. The van der Waals surface area contributed by atoms with Crippen molar-refractivity contribution in [1.29, 1.82) is 0 Å².